The van der Waals surface area contributed by atoms with Crippen LogP contribution >= 0.6 is 0 Å². The Kier molecular flexibility index (Phi) is 6.57. The first kappa shape index (κ1) is 15.2. The third kappa shape index (κ3) is 5.78. The molecular formula is C15H29NO3. The Morgan fingerprint density at radius 2 is 2.05 bits per heavy atom. The van der Waals surface area contributed by atoms with E-state index in [2.05, 4.69) is 12.2 Å². The molecule has 0 aromatic carbocycles. The van der Waals surface area contributed by atoms with Crippen molar-refractivity contribution in [3.8, 4) is 0 Å². The molecule has 2 rings (SSSR count). The van der Waals surface area contributed by atoms with Gasteiger partial charge in [-0.1, -0.05) is 19.3 Å². The summed E-state index contributed by atoms with van der Waals surface area (Å²) in [5, 5.41) is 13.4. The van der Waals surface area contributed by atoms with E-state index in [1.165, 1.54) is 19.3 Å². The maximum absolute atomic E-state index is 9.96. The monoisotopic (exact) mass is 271 g/mol. The molecule has 2 fully saturated rings. The van der Waals surface area contributed by atoms with E-state index < -0.39 is 0 Å². The lowest BCUT2D eigenvalue weighted by Crippen LogP contribution is -2.42. The third-order valence-electron chi connectivity index (χ3n) is 4.20. The van der Waals surface area contributed by atoms with Gasteiger partial charge in [0.05, 0.1) is 24.9 Å². The molecule has 0 radical (unpaired) electrons. The molecule has 2 aliphatic rings. The Morgan fingerprint density at radius 1 is 1.26 bits per heavy atom. The van der Waals surface area contributed by atoms with Gasteiger partial charge in [-0.25, -0.2) is 0 Å². The van der Waals surface area contributed by atoms with Gasteiger partial charge in [0.2, 0.25) is 0 Å². The lowest BCUT2D eigenvalue weighted by Gasteiger charge is -2.29. The highest BCUT2D eigenvalue weighted by molar-refractivity contribution is 4.76. The van der Waals surface area contributed by atoms with Gasteiger partial charge in [0, 0.05) is 19.2 Å². The van der Waals surface area contributed by atoms with Crippen molar-refractivity contribution in [2.75, 3.05) is 19.8 Å². The molecule has 1 aliphatic carbocycles. The maximum atomic E-state index is 9.96. The van der Waals surface area contributed by atoms with E-state index in [-0.39, 0.29) is 6.10 Å². The zero-order valence-electron chi connectivity index (χ0n) is 12.1. The van der Waals surface area contributed by atoms with Crippen LogP contribution in [0.15, 0.2) is 0 Å². The second-order valence-corrected chi connectivity index (χ2v) is 6.06. The van der Waals surface area contributed by atoms with E-state index >= 15 is 0 Å². The lowest BCUT2D eigenvalue weighted by molar-refractivity contribution is -0.0272. The molecule has 1 aliphatic heterocycles. The van der Waals surface area contributed by atoms with Gasteiger partial charge >= 0.3 is 0 Å². The van der Waals surface area contributed by atoms with Crippen LogP contribution in [-0.2, 0) is 9.47 Å². The van der Waals surface area contributed by atoms with Crippen molar-refractivity contribution < 1.29 is 14.6 Å². The Hall–Kier alpha value is -0.160. The average Bonchev–Trinajstić information content (AvgIpc) is 2.44. The van der Waals surface area contributed by atoms with Gasteiger partial charge in [0.15, 0.2) is 0 Å². The van der Waals surface area contributed by atoms with Crippen LogP contribution in [0.25, 0.3) is 0 Å². The number of aliphatic hydroxyl groups is 1. The molecule has 3 atom stereocenters. The second kappa shape index (κ2) is 8.20. The van der Waals surface area contributed by atoms with Crippen molar-refractivity contribution in [3.63, 3.8) is 0 Å². The van der Waals surface area contributed by atoms with Crippen LogP contribution < -0.4 is 5.32 Å². The Balaban J connectivity index is 1.54. The molecule has 4 nitrogen and oxygen atoms in total. The average molecular weight is 271 g/mol. The highest BCUT2D eigenvalue weighted by Crippen LogP contribution is 2.20. The summed E-state index contributed by atoms with van der Waals surface area (Å²) in [6.45, 7) is 4.03. The summed E-state index contributed by atoms with van der Waals surface area (Å²) in [7, 11) is 0. The zero-order chi connectivity index (χ0) is 13.5. The fourth-order valence-corrected chi connectivity index (χ4v) is 3.02. The Bertz CT molecular complexity index is 244. The topological polar surface area (TPSA) is 50.7 Å². The molecule has 1 saturated carbocycles. The first-order valence-corrected chi connectivity index (χ1v) is 7.88. The van der Waals surface area contributed by atoms with E-state index in [0.717, 1.165) is 32.3 Å². The SMILES string of the molecule is CC1CC(NCC(O)COC2CCCCC2)CCO1. The van der Waals surface area contributed by atoms with E-state index in [4.69, 9.17) is 9.47 Å². The normalized spacial score (nSPS) is 31.3. The van der Waals surface area contributed by atoms with Gasteiger partial charge in [-0.05, 0) is 32.6 Å². The minimum atomic E-state index is -0.389. The van der Waals surface area contributed by atoms with Crippen LogP contribution in [0.2, 0.25) is 0 Å². The van der Waals surface area contributed by atoms with Gasteiger partial charge < -0.3 is 19.9 Å². The van der Waals surface area contributed by atoms with Gasteiger partial charge in [0.25, 0.3) is 0 Å². The fourth-order valence-electron chi connectivity index (χ4n) is 3.02. The van der Waals surface area contributed by atoms with Crippen molar-refractivity contribution in [3.05, 3.63) is 0 Å². The van der Waals surface area contributed by atoms with Gasteiger partial charge in [0.1, 0.15) is 0 Å². The molecule has 0 spiro atoms. The molecule has 112 valence electrons. The summed E-state index contributed by atoms with van der Waals surface area (Å²) >= 11 is 0. The largest absolute Gasteiger partial charge is 0.389 e. The maximum Gasteiger partial charge on any atom is 0.0897 e. The molecule has 3 unspecified atom stereocenters. The summed E-state index contributed by atoms with van der Waals surface area (Å²) in [4.78, 5) is 0. The van der Waals surface area contributed by atoms with Crippen LogP contribution in [0.1, 0.15) is 51.9 Å². The van der Waals surface area contributed by atoms with Crippen LogP contribution in [0, 0.1) is 0 Å². The summed E-state index contributed by atoms with van der Waals surface area (Å²) in [6.07, 6.45) is 8.63. The molecule has 4 heteroatoms. The first-order chi connectivity index (χ1) is 9.24. The summed E-state index contributed by atoms with van der Waals surface area (Å²) in [5.74, 6) is 0. The van der Waals surface area contributed by atoms with Crippen LogP contribution in [0.4, 0.5) is 0 Å². The van der Waals surface area contributed by atoms with E-state index in [1.54, 1.807) is 0 Å². The van der Waals surface area contributed by atoms with Crippen LogP contribution in [0.5, 0.6) is 0 Å². The molecule has 0 amide bonds. The zero-order valence-corrected chi connectivity index (χ0v) is 12.1. The summed E-state index contributed by atoms with van der Waals surface area (Å²) < 4.78 is 11.3. The van der Waals surface area contributed by atoms with Crippen LogP contribution in [-0.4, -0.2) is 49.2 Å². The molecule has 2 N–H and O–H groups in total. The number of hydrogen-bond donors (Lipinski definition) is 2. The van der Waals surface area contributed by atoms with Crippen molar-refractivity contribution >= 4 is 0 Å². The number of ether oxygens (including phenoxy) is 2. The van der Waals surface area contributed by atoms with Crippen molar-refractivity contribution in [1.82, 2.24) is 5.32 Å². The molecule has 1 heterocycles. The number of rotatable bonds is 6. The summed E-state index contributed by atoms with van der Waals surface area (Å²) in [6, 6.07) is 0.480. The van der Waals surface area contributed by atoms with Gasteiger partial charge in [-0.2, -0.15) is 0 Å². The van der Waals surface area contributed by atoms with E-state index in [9.17, 15) is 5.11 Å². The molecule has 0 bridgehead atoms. The number of hydrogen-bond acceptors (Lipinski definition) is 4. The van der Waals surface area contributed by atoms with Crippen LogP contribution in [0.3, 0.4) is 0 Å². The predicted molar refractivity (Wildman–Crippen MR) is 75.3 cm³/mol. The molecule has 0 aromatic rings. The second-order valence-electron chi connectivity index (χ2n) is 6.06. The first-order valence-electron chi connectivity index (χ1n) is 7.88. The van der Waals surface area contributed by atoms with Crippen molar-refractivity contribution in [1.29, 1.82) is 0 Å². The van der Waals surface area contributed by atoms with E-state index in [0.29, 0.717) is 31.4 Å². The number of aliphatic hydroxyl groups excluding tert-OH is 1. The fraction of sp³-hybridized carbons (Fsp3) is 1.00. The van der Waals surface area contributed by atoms with E-state index in [1.807, 2.05) is 0 Å². The third-order valence-corrected chi connectivity index (χ3v) is 4.20. The highest BCUT2D eigenvalue weighted by atomic mass is 16.5. The quantitative estimate of drug-likeness (QED) is 0.774. The minimum absolute atomic E-state index is 0.335. The van der Waals surface area contributed by atoms with Gasteiger partial charge in [-0.15, -0.1) is 0 Å². The number of nitrogens with one attached hydrogen (secondary N) is 1. The Morgan fingerprint density at radius 3 is 2.79 bits per heavy atom. The molecule has 1 saturated heterocycles. The standard InChI is InChI=1S/C15H29NO3/c1-12-9-13(7-8-18-12)16-10-14(17)11-19-15-5-3-2-4-6-15/h12-17H,2-11H2,1H3. The predicted octanol–water partition coefficient (Wildman–Crippen LogP) is 1.85. The van der Waals surface area contributed by atoms with Crippen molar-refractivity contribution in [2.45, 2.75) is 76.2 Å². The molecule has 19 heavy (non-hydrogen) atoms. The smallest absolute Gasteiger partial charge is 0.0897 e. The van der Waals surface area contributed by atoms with Gasteiger partial charge in [-0.3, -0.25) is 0 Å². The highest BCUT2D eigenvalue weighted by Gasteiger charge is 2.20. The Labute approximate surface area is 116 Å². The summed E-state index contributed by atoms with van der Waals surface area (Å²) in [5.41, 5.74) is 0. The molecular weight excluding hydrogens is 242 g/mol. The van der Waals surface area contributed by atoms with Crippen molar-refractivity contribution in [2.24, 2.45) is 0 Å². The lowest BCUT2D eigenvalue weighted by atomic mass is 9.98. The molecule has 0 aromatic heterocycles. The minimum Gasteiger partial charge on any atom is -0.389 e.